The van der Waals surface area contributed by atoms with Gasteiger partial charge in [-0.1, -0.05) is 42.6 Å². The van der Waals surface area contributed by atoms with Gasteiger partial charge in [0.1, 0.15) is 5.52 Å². The molecule has 3 heterocycles. The number of benzene rings is 2. The molecule has 7 heteroatoms. The van der Waals surface area contributed by atoms with Crippen LogP contribution in [0, 0.1) is 11.8 Å². The molecule has 0 N–H and O–H groups in total. The van der Waals surface area contributed by atoms with Crippen LogP contribution < -0.4 is 4.90 Å². The zero-order valence-corrected chi connectivity index (χ0v) is 20.5. The minimum Gasteiger partial charge on any atom is -0.440 e. The van der Waals surface area contributed by atoms with Crippen molar-refractivity contribution in [2.45, 2.75) is 50.9 Å². The molecule has 3 aliphatic rings. The van der Waals surface area contributed by atoms with Gasteiger partial charge in [0.15, 0.2) is 11.5 Å². The normalized spacial score (nSPS) is 23.0. The van der Waals surface area contributed by atoms with E-state index in [1.807, 2.05) is 46.2 Å². The molecule has 2 unspecified atom stereocenters. The number of fused-ring (bicyclic) bond motifs is 2. The fourth-order valence-corrected chi connectivity index (χ4v) is 6.33. The van der Waals surface area contributed by atoms with E-state index in [0.29, 0.717) is 18.1 Å². The van der Waals surface area contributed by atoms with E-state index in [4.69, 9.17) is 16.0 Å². The Labute approximate surface area is 210 Å². The number of carbonyl (C=O) groups is 2. The van der Waals surface area contributed by atoms with Crippen molar-refractivity contribution in [1.82, 2.24) is 9.88 Å². The van der Waals surface area contributed by atoms with Crippen LogP contribution in [0.2, 0.25) is 5.02 Å². The summed E-state index contributed by atoms with van der Waals surface area (Å²) < 4.78 is 5.99. The van der Waals surface area contributed by atoms with Gasteiger partial charge in [0, 0.05) is 42.2 Å². The van der Waals surface area contributed by atoms with Gasteiger partial charge in [-0.25, -0.2) is 4.98 Å². The smallest absolute Gasteiger partial charge is 0.230 e. The van der Waals surface area contributed by atoms with Crippen LogP contribution >= 0.6 is 11.6 Å². The molecule has 0 bridgehead atoms. The fourth-order valence-electron chi connectivity index (χ4n) is 6.16. The molecule has 0 radical (unpaired) electrons. The summed E-state index contributed by atoms with van der Waals surface area (Å²) in [5.41, 5.74) is 3.77. The largest absolute Gasteiger partial charge is 0.440 e. The van der Waals surface area contributed by atoms with Gasteiger partial charge in [0.2, 0.25) is 11.8 Å². The highest BCUT2D eigenvalue weighted by Crippen LogP contribution is 2.38. The first-order valence-corrected chi connectivity index (χ1v) is 13.2. The Morgan fingerprint density at radius 2 is 1.66 bits per heavy atom. The van der Waals surface area contributed by atoms with E-state index in [1.54, 1.807) is 0 Å². The standard InChI is InChI=1S/C28H30ClN3O3/c29-20-9-10-25-23(17-20)30-26(35-25)19-11-14-31(15-12-19)27(33)21-6-2-3-7-22(21)28(34)32-16-13-18-5-1-4-8-24(18)32/h1,4-5,8-10,17,19,21-22H,2-3,6-7,11-16H2. The number of nitrogens with zero attached hydrogens (tertiary/aromatic N) is 3. The molecular weight excluding hydrogens is 462 g/mol. The molecule has 1 aromatic heterocycles. The van der Waals surface area contributed by atoms with Crippen LogP contribution in [0.15, 0.2) is 46.9 Å². The first-order chi connectivity index (χ1) is 17.1. The summed E-state index contributed by atoms with van der Waals surface area (Å²) in [5.74, 6) is 0.767. The number of carbonyl (C=O) groups excluding carboxylic acids is 2. The molecule has 2 fully saturated rings. The number of anilines is 1. The third kappa shape index (κ3) is 4.22. The summed E-state index contributed by atoms with van der Waals surface area (Å²) in [5, 5.41) is 0.645. The van der Waals surface area contributed by atoms with Gasteiger partial charge in [-0.15, -0.1) is 0 Å². The predicted molar refractivity (Wildman–Crippen MR) is 136 cm³/mol. The molecular formula is C28H30ClN3O3. The molecule has 182 valence electrons. The monoisotopic (exact) mass is 491 g/mol. The Morgan fingerprint density at radius 3 is 2.46 bits per heavy atom. The summed E-state index contributed by atoms with van der Waals surface area (Å²) in [7, 11) is 0. The van der Waals surface area contributed by atoms with E-state index in [9.17, 15) is 9.59 Å². The lowest BCUT2D eigenvalue weighted by molar-refractivity contribution is -0.143. The second kappa shape index (κ2) is 9.30. The van der Waals surface area contributed by atoms with Crippen LogP contribution in [-0.2, 0) is 16.0 Å². The summed E-state index contributed by atoms with van der Waals surface area (Å²) in [6.07, 6.45) is 6.15. The van der Waals surface area contributed by atoms with Crippen molar-refractivity contribution in [2.24, 2.45) is 11.8 Å². The molecule has 6 nitrogen and oxygen atoms in total. The summed E-state index contributed by atoms with van der Waals surface area (Å²) in [6, 6.07) is 13.6. The van der Waals surface area contributed by atoms with Crippen molar-refractivity contribution in [3.05, 3.63) is 58.9 Å². The van der Waals surface area contributed by atoms with E-state index < -0.39 is 0 Å². The predicted octanol–water partition coefficient (Wildman–Crippen LogP) is 5.58. The highest BCUT2D eigenvalue weighted by Gasteiger charge is 2.42. The molecule has 2 aliphatic heterocycles. The number of amides is 2. The van der Waals surface area contributed by atoms with Gasteiger partial charge < -0.3 is 14.2 Å². The van der Waals surface area contributed by atoms with Crippen molar-refractivity contribution in [2.75, 3.05) is 24.5 Å². The maximum Gasteiger partial charge on any atom is 0.230 e. The van der Waals surface area contributed by atoms with Crippen LogP contribution in [0.3, 0.4) is 0 Å². The molecule has 6 rings (SSSR count). The zero-order valence-electron chi connectivity index (χ0n) is 19.8. The number of piperidine rings is 1. The average molecular weight is 492 g/mol. The third-order valence-corrected chi connectivity index (χ3v) is 8.31. The first kappa shape index (κ1) is 22.6. The van der Waals surface area contributed by atoms with Gasteiger partial charge in [-0.3, -0.25) is 9.59 Å². The SMILES string of the molecule is O=C(C1CCCCC1C(=O)N1CCc2ccccc21)N1CCC(c2nc3cc(Cl)ccc3o2)CC1. The number of hydrogen-bond donors (Lipinski definition) is 0. The van der Waals surface area contributed by atoms with Crippen molar-refractivity contribution in [3.63, 3.8) is 0 Å². The molecule has 2 aromatic carbocycles. The van der Waals surface area contributed by atoms with Gasteiger partial charge in [-0.05, 0) is 61.9 Å². The number of halogens is 1. The van der Waals surface area contributed by atoms with Crippen molar-refractivity contribution >= 4 is 40.2 Å². The number of hydrogen-bond acceptors (Lipinski definition) is 4. The van der Waals surface area contributed by atoms with E-state index in [1.165, 1.54) is 5.56 Å². The maximum atomic E-state index is 13.7. The minimum absolute atomic E-state index is 0.132. The third-order valence-electron chi connectivity index (χ3n) is 8.08. The molecule has 2 amide bonds. The topological polar surface area (TPSA) is 66.7 Å². The number of rotatable bonds is 3. The summed E-state index contributed by atoms with van der Waals surface area (Å²) in [6.45, 7) is 2.07. The second-order valence-electron chi connectivity index (χ2n) is 10.1. The summed E-state index contributed by atoms with van der Waals surface area (Å²) >= 11 is 6.09. The molecule has 3 aromatic rings. The lowest BCUT2D eigenvalue weighted by Crippen LogP contribution is -2.48. The van der Waals surface area contributed by atoms with E-state index in [2.05, 4.69) is 11.1 Å². The number of likely N-dealkylation sites (tertiary alicyclic amines) is 1. The van der Waals surface area contributed by atoms with Gasteiger partial charge >= 0.3 is 0 Å². The molecule has 2 atom stereocenters. The molecule has 1 aliphatic carbocycles. The van der Waals surface area contributed by atoms with E-state index in [0.717, 1.165) is 74.2 Å². The Hall–Kier alpha value is -2.86. The number of para-hydroxylation sites is 1. The van der Waals surface area contributed by atoms with Crippen LogP contribution in [-0.4, -0.2) is 41.3 Å². The van der Waals surface area contributed by atoms with Crippen molar-refractivity contribution in [1.29, 1.82) is 0 Å². The average Bonchev–Trinajstić information content (AvgIpc) is 3.52. The Morgan fingerprint density at radius 1 is 0.914 bits per heavy atom. The van der Waals surface area contributed by atoms with E-state index >= 15 is 0 Å². The van der Waals surface area contributed by atoms with Crippen LogP contribution in [0.4, 0.5) is 5.69 Å². The van der Waals surface area contributed by atoms with Gasteiger partial charge in [0.05, 0.1) is 5.92 Å². The van der Waals surface area contributed by atoms with Gasteiger partial charge in [-0.2, -0.15) is 0 Å². The Bertz CT molecular complexity index is 1260. The number of oxazole rings is 1. The number of aromatic nitrogens is 1. The highest BCUT2D eigenvalue weighted by molar-refractivity contribution is 6.31. The highest BCUT2D eigenvalue weighted by atomic mass is 35.5. The van der Waals surface area contributed by atoms with Crippen LogP contribution in [0.1, 0.15) is 55.9 Å². The Kier molecular flexibility index (Phi) is 6.01. The van der Waals surface area contributed by atoms with Crippen LogP contribution in [0.25, 0.3) is 11.1 Å². The van der Waals surface area contributed by atoms with Crippen molar-refractivity contribution in [3.8, 4) is 0 Å². The zero-order chi connectivity index (χ0) is 23.9. The lowest BCUT2D eigenvalue weighted by atomic mass is 9.77. The molecule has 1 saturated carbocycles. The van der Waals surface area contributed by atoms with E-state index in [-0.39, 0.29) is 29.6 Å². The van der Waals surface area contributed by atoms with Crippen LogP contribution in [0.5, 0.6) is 0 Å². The molecule has 35 heavy (non-hydrogen) atoms. The van der Waals surface area contributed by atoms with Gasteiger partial charge in [0.25, 0.3) is 0 Å². The maximum absolute atomic E-state index is 13.7. The second-order valence-corrected chi connectivity index (χ2v) is 10.6. The van der Waals surface area contributed by atoms with Crippen molar-refractivity contribution < 1.29 is 14.0 Å². The minimum atomic E-state index is -0.220. The quantitative estimate of drug-likeness (QED) is 0.479. The lowest BCUT2D eigenvalue weighted by Gasteiger charge is -2.38. The first-order valence-electron chi connectivity index (χ1n) is 12.8. The summed E-state index contributed by atoms with van der Waals surface area (Å²) in [4.78, 5) is 35.8. The molecule has 1 saturated heterocycles. The fraction of sp³-hybridized carbons (Fsp3) is 0.464. The Balaban J connectivity index is 1.13. The molecule has 0 spiro atoms.